The Morgan fingerprint density at radius 2 is 2.15 bits per heavy atom. The molecule has 2 aromatic rings. The molecule has 1 unspecified atom stereocenters. The third-order valence-corrected chi connectivity index (χ3v) is 5.09. The van der Waals surface area contributed by atoms with Crippen LogP contribution in [0.1, 0.15) is 34.6 Å². The van der Waals surface area contributed by atoms with Crippen LogP contribution in [0.15, 0.2) is 24.5 Å². The van der Waals surface area contributed by atoms with Crippen molar-refractivity contribution in [2.24, 2.45) is 0 Å². The highest BCUT2D eigenvalue weighted by Gasteiger charge is 2.40. The van der Waals surface area contributed by atoms with E-state index in [2.05, 4.69) is 15.3 Å². The lowest BCUT2D eigenvalue weighted by Crippen LogP contribution is -2.57. The van der Waals surface area contributed by atoms with Gasteiger partial charge in [-0.05, 0) is 39.3 Å². The van der Waals surface area contributed by atoms with Crippen molar-refractivity contribution in [1.29, 1.82) is 0 Å². The molecule has 1 atom stereocenters. The second-order valence-electron chi connectivity index (χ2n) is 6.85. The van der Waals surface area contributed by atoms with Crippen molar-refractivity contribution in [1.82, 2.24) is 14.9 Å². The average molecular weight is 411 g/mol. The molecule has 1 N–H and O–H groups in total. The molecule has 1 saturated heterocycles. The maximum Gasteiger partial charge on any atom is 0.410 e. The van der Waals surface area contributed by atoms with Gasteiger partial charge in [-0.2, -0.15) is 0 Å². The smallest absolute Gasteiger partial charge is 0.410 e. The second-order valence-corrected chi connectivity index (χ2v) is 8.21. The topological polar surface area (TPSA) is 84.4 Å². The van der Waals surface area contributed by atoms with E-state index >= 15 is 0 Å². The number of halogens is 1. The largest absolute Gasteiger partial charge is 0.444 e. The Morgan fingerprint density at radius 1 is 1.41 bits per heavy atom. The van der Waals surface area contributed by atoms with Crippen LogP contribution in [0.4, 0.5) is 9.80 Å². The molecule has 3 rings (SSSR count). The summed E-state index contributed by atoms with van der Waals surface area (Å²) in [6, 6.07) is 3.10. The molecule has 0 spiro atoms. The van der Waals surface area contributed by atoms with Crippen molar-refractivity contribution in [2.45, 2.75) is 46.3 Å². The van der Waals surface area contributed by atoms with Crippen LogP contribution in [-0.2, 0) is 9.53 Å². The third kappa shape index (κ3) is 4.95. The molecule has 1 fully saturated rings. The van der Waals surface area contributed by atoms with Crippen LogP contribution in [0, 0.1) is 0 Å². The number of nitrogens with one attached hydrogen (secondary N) is 1. The van der Waals surface area contributed by atoms with Gasteiger partial charge in [-0.3, -0.25) is 14.7 Å². The Morgan fingerprint density at radius 3 is 2.70 bits per heavy atom. The summed E-state index contributed by atoms with van der Waals surface area (Å²) in [5.74, 6) is -0.301. The number of ether oxygens (including phenoxy) is 1. The van der Waals surface area contributed by atoms with Gasteiger partial charge in [0.2, 0.25) is 5.91 Å². The minimum Gasteiger partial charge on any atom is -0.444 e. The Bertz CT molecular complexity index is 820. The van der Waals surface area contributed by atoms with E-state index in [9.17, 15) is 9.59 Å². The van der Waals surface area contributed by atoms with Crippen LogP contribution in [0.3, 0.4) is 0 Å². The minimum absolute atomic E-state index is 0. The van der Waals surface area contributed by atoms with Gasteiger partial charge in [-0.25, -0.2) is 9.78 Å². The van der Waals surface area contributed by atoms with E-state index in [1.165, 1.54) is 16.2 Å². The van der Waals surface area contributed by atoms with Gasteiger partial charge in [0.15, 0.2) is 5.15 Å². The highest BCUT2D eigenvalue weighted by atomic mass is 35.5. The first kappa shape index (κ1) is 21.1. The standard InChI is InChI=1S/C17H19ClN4O3S.CH4/c1-17(2,3)25-16(24)22-8-6-11(22)13(23)21-15-12(18)20-14(26-15)10-5-4-7-19-9-10;/h4-5,7,9,11H,6,8H2,1-3H3,(H,21,23);1H4. The van der Waals surface area contributed by atoms with E-state index in [0.29, 0.717) is 23.0 Å². The Kier molecular flexibility index (Phi) is 6.43. The van der Waals surface area contributed by atoms with Crippen LogP contribution < -0.4 is 5.32 Å². The first-order valence-electron chi connectivity index (χ1n) is 8.12. The van der Waals surface area contributed by atoms with Gasteiger partial charge in [0, 0.05) is 24.5 Å². The predicted octanol–water partition coefficient (Wildman–Crippen LogP) is 4.44. The average Bonchev–Trinajstić information content (AvgIpc) is 2.86. The first-order valence-corrected chi connectivity index (χ1v) is 9.31. The van der Waals surface area contributed by atoms with Crippen molar-refractivity contribution in [3.63, 3.8) is 0 Å². The van der Waals surface area contributed by atoms with Crippen molar-refractivity contribution < 1.29 is 14.3 Å². The van der Waals surface area contributed by atoms with Crippen molar-refractivity contribution >= 4 is 39.9 Å². The number of likely N-dealkylation sites (tertiary alicyclic amines) is 1. The van der Waals surface area contributed by atoms with Gasteiger partial charge in [0.1, 0.15) is 21.7 Å². The van der Waals surface area contributed by atoms with E-state index < -0.39 is 17.7 Å². The number of hydrogen-bond acceptors (Lipinski definition) is 6. The molecule has 2 aromatic heterocycles. The molecule has 9 heteroatoms. The zero-order chi connectivity index (χ0) is 18.9. The fourth-order valence-electron chi connectivity index (χ4n) is 2.39. The fourth-order valence-corrected chi connectivity index (χ4v) is 3.53. The van der Waals surface area contributed by atoms with E-state index in [-0.39, 0.29) is 18.5 Å². The summed E-state index contributed by atoms with van der Waals surface area (Å²) in [4.78, 5) is 34.4. The Balaban J connectivity index is 0.00000261. The van der Waals surface area contributed by atoms with Gasteiger partial charge in [0.05, 0.1) is 0 Å². The number of hydrogen-bond donors (Lipinski definition) is 1. The normalized spacial score (nSPS) is 16.1. The lowest BCUT2D eigenvalue weighted by Gasteiger charge is -2.40. The van der Waals surface area contributed by atoms with Gasteiger partial charge in [-0.1, -0.05) is 30.4 Å². The number of thiazole rings is 1. The number of rotatable bonds is 3. The number of anilines is 1. The molecule has 0 radical (unpaired) electrons. The number of amides is 2. The fraction of sp³-hybridized carbons (Fsp3) is 0.444. The SMILES string of the molecule is C.CC(C)(C)OC(=O)N1CCC1C(=O)Nc1sc(-c2cccnc2)nc1Cl. The Labute approximate surface area is 167 Å². The molecule has 7 nitrogen and oxygen atoms in total. The van der Waals surface area contributed by atoms with Gasteiger partial charge in [0.25, 0.3) is 0 Å². The highest BCUT2D eigenvalue weighted by Crippen LogP contribution is 2.35. The summed E-state index contributed by atoms with van der Waals surface area (Å²) < 4.78 is 5.32. The maximum absolute atomic E-state index is 12.5. The monoisotopic (exact) mass is 410 g/mol. The van der Waals surface area contributed by atoms with E-state index in [1.54, 1.807) is 39.2 Å². The molecule has 0 aromatic carbocycles. The van der Waals surface area contributed by atoms with Crippen LogP contribution in [0.2, 0.25) is 5.15 Å². The number of pyridine rings is 1. The van der Waals surface area contributed by atoms with Gasteiger partial charge in [-0.15, -0.1) is 0 Å². The zero-order valence-corrected chi connectivity index (χ0v) is 16.2. The summed E-state index contributed by atoms with van der Waals surface area (Å²) >= 11 is 7.41. The molecule has 1 aliphatic rings. The zero-order valence-electron chi connectivity index (χ0n) is 14.7. The van der Waals surface area contributed by atoms with E-state index in [0.717, 1.165) is 5.56 Å². The van der Waals surface area contributed by atoms with Crippen LogP contribution in [-0.4, -0.2) is 45.1 Å². The molecule has 0 saturated carbocycles. The van der Waals surface area contributed by atoms with Crippen molar-refractivity contribution in [2.75, 3.05) is 11.9 Å². The van der Waals surface area contributed by atoms with Crippen LogP contribution in [0.25, 0.3) is 10.6 Å². The predicted molar refractivity (Wildman–Crippen MR) is 107 cm³/mol. The molecule has 2 amide bonds. The van der Waals surface area contributed by atoms with E-state index in [1.807, 2.05) is 6.07 Å². The molecule has 146 valence electrons. The summed E-state index contributed by atoms with van der Waals surface area (Å²) in [5, 5.41) is 4.09. The molecule has 0 bridgehead atoms. The molecular formula is C18H23ClN4O3S. The third-order valence-electron chi connectivity index (χ3n) is 3.68. The first-order chi connectivity index (χ1) is 12.2. The van der Waals surface area contributed by atoms with Crippen LogP contribution in [0.5, 0.6) is 0 Å². The number of nitrogens with zero attached hydrogens (tertiary/aromatic N) is 3. The van der Waals surface area contributed by atoms with Crippen molar-refractivity contribution in [3.8, 4) is 10.6 Å². The van der Waals surface area contributed by atoms with Crippen LogP contribution >= 0.6 is 22.9 Å². The number of aromatic nitrogens is 2. The summed E-state index contributed by atoms with van der Waals surface area (Å²) in [6.07, 6.45) is 3.44. The lowest BCUT2D eigenvalue weighted by atomic mass is 10.0. The molecule has 27 heavy (non-hydrogen) atoms. The van der Waals surface area contributed by atoms with E-state index in [4.69, 9.17) is 16.3 Å². The molecule has 0 aliphatic carbocycles. The number of carbonyl (C=O) groups is 2. The highest BCUT2D eigenvalue weighted by molar-refractivity contribution is 7.19. The molecule has 3 heterocycles. The Hall–Kier alpha value is -2.19. The molecular weight excluding hydrogens is 388 g/mol. The lowest BCUT2D eigenvalue weighted by molar-refractivity contribution is -0.125. The number of carbonyl (C=O) groups excluding carboxylic acids is 2. The van der Waals surface area contributed by atoms with Crippen molar-refractivity contribution in [3.05, 3.63) is 29.7 Å². The molecule has 1 aliphatic heterocycles. The summed E-state index contributed by atoms with van der Waals surface area (Å²) in [5.41, 5.74) is 0.215. The summed E-state index contributed by atoms with van der Waals surface area (Å²) in [6.45, 7) is 5.86. The van der Waals surface area contributed by atoms with Gasteiger partial charge >= 0.3 is 6.09 Å². The summed E-state index contributed by atoms with van der Waals surface area (Å²) in [7, 11) is 0. The minimum atomic E-state index is -0.604. The second kappa shape index (κ2) is 8.22. The quantitative estimate of drug-likeness (QED) is 0.808. The van der Waals surface area contributed by atoms with Gasteiger partial charge < -0.3 is 10.1 Å². The maximum atomic E-state index is 12.5.